The van der Waals surface area contributed by atoms with Crippen molar-refractivity contribution in [2.24, 2.45) is 11.5 Å². The molecule has 5 rings (SSSR count). The molecule has 0 aliphatic carbocycles. The zero-order valence-corrected chi connectivity index (χ0v) is 30.4. The Hall–Kier alpha value is -5.87. The van der Waals surface area contributed by atoms with E-state index in [2.05, 4.69) is 31.2 Å². The molecule has 1 aliphatic rings. The number of benzene rings is 2. The van der Waals surface area contributed by atoms with Gasteiger partial charge in [-0.25, -0.2) is 9.97 Å². The van der Waals surface area contributed by atoms with Gasteiger partial charge in [-0.15, -0.1) is 0 Å². The summed E-state index contributed by atoms with van der Waals surface area (Å²) in [6.07, 6.45) is 5.02. The highest BCUT2D eigenvalue weighted by Crippen LogP contribution is 2.25. The largest absolute Gasteiger partial charge is 0.508 e. The molecular weight excluding hydrogens is 694 g/mol. The van der Waals surface area contributed by atoms with Crippen LogP contribution in [0.5, 0.6) is 11.5 Å². The van der Waals surface area contributed by atoms with Crippen molar-refractivity contribution in [1.29, 1.82) is 0 Å². The number of nitrogens with one attached hydrogen (secondary N) is 4. The minimum absolute atomic E-state index is 0.0172. The number of carbonyl (C=O) groups is 4. The topological polar surface area (TPSA) is 246 Å². The van der Waals surface area contributed by atoms with Crippen LogP contribution in [-0.2, 0) is 22.6 Å². The number of hydrogen-bond acceptors (Lipinski definition) is 11. The second kappa shape index (κ2) is 18.3. The number of aromatic hydroxyl groups is 1. The molecule has 0 saturated carbocycles. The molecule has 54 heavy (non-hydrogen) atoms. The lowest BCUT2D eigenvalue weighted by molar-refractivity contribution is -0.130. The van der Waals surface area contributed by atoms with Crippen LogP contribution in [0.1, 0.15) is 71.0 Å². The van der Waals surface area contributed by atoms with Crippen LogP contribution in [-0.4, -0.2) is 81.1 Å². The number of fused-ring (bicyclic) bond motifs is 2. The molecule has 4 aromatic rings. The molecule has 3 heterocycles. The highest BCUT2D eigenvalue weighted by molar-refractivity contribution is 6.06. The van der Waals surface area contributed by atoms with Crippen molar-refractivity contribution in [3.63, 3.8) is 0 Å². The van der Waals surface area contributed by atoms with E-state index in [1.807, 2.05) is 6.92 Å². The van der Waals surface area contributed by atoms with Gasteiger partial charge in [0.2, 0.25) is 17.2 Å². The molecule has 0 fully saturated rings. The summed E-state index contributed by atoms with van der Waals surface area (Å²) in [6, 6.07) is 8.67. The Kier molecular flexibility index (Phi) is 13.3. The van der Waals surface area contributed by atoms with Gasteiger partial charge in [0.1, 0.15) is 29.7 Å². The SMILES string of the molecule is CCn1cc(C(=O)Nc2ccc3c(c2)C(=O)N[C@H](Cc2ccc(O)cc2)CC(=O)N[C@@H](CCN)C(=O)N[C@@H](CCCCN)CO3)c(=O)c2ncc(C)nc21. The molecule has 0 bridgehead atoms. The molecule has 2 aromatic carbocycles. The fourth-order valence-corrected chi connectivity index (χ4v) is 6.23. The van der Waals surface area contributed by atoms with E-state index in [0.717, 1.165) is 5.56 Å². The maximum absolute atomic E-state index is 14.1. The van der Waals surface area contributed by atoms with Crippen LogP contribution in [0.2, 0.25) is 0 Å². The first-order valence-electron chi connectivity index (χ1n) is 18.0. The molecule has 286 valence electrons. The lowest BCUT2D eigenvalue weighted by atomic mass is 10.0. The smallest absolute Gasteiger partial charge is 0.261 e. The predicted octanol–water partition coefficient (Wildman–Crippen LogP) is 1.65. The van der Waals surface area contributed by atoms with Gasteiger partial charge in [0.05, 0.1) is 17.3 Å². The van der Waals surface area contributed by atoms with Gasteiger partial charge in [0, 0.05) is 37.1 Å². The summed E-state index contributed by atoms with van der Waals surface area (Å²) >= 11 is 0. The van der Waals surface area contributed by atoms with Crippen LogP contribution in [0.25, 0.3) is 11.2 Å². The number of aromatic nitrogens is 3. The molecule has 2 aromatic heterocycles. The first-order chi connectivity index (χ1) is 26.0. The van der Waals surface area contributed by atoms with Gasteiger partial charge in [-0.2, -0.15) is 0 Å². The molecule has 16 nitrogen and oxygen atoms in total. The summed E-state index contributed by atoms with van der Waals surface area (Å²) in [4.78, 5) is 76.6. The summed E-state index contributed by atoms with van der Waals surface area (Å²) < 4.78 is 7.87. The van der Waals surface area contributed by atoms with Crippen LogP contribution >= 0.6 is 0 Å². The van der Waals surface area contributed by atoms with E-state index in [-0.39, 0.29) is 66.2 Å². The number of nitrogens with zero attached hydrogens (tertiary/aromatic N) is 3. The number of aryl methyl sites for hydroxylation is 2. The lowest BCUT2D eigenvalue weighted by Gasteiger charge is -2.26. The zero-order chi connectivity index (χ0) is 38.8. The summed E-state index contributed by atoms with van der Waals surface area (Å²) in [5.41, 5.74) is 12.8. The average Bonchev–Trinajstić information content (AvgIpc) is 3.14. The number of nitrogens with two attached hydrogens (primary N) is 2. The predicted molar refractivity (Wildman–Crippen MR) is 202 cm³/mol. The van der Waals surface area contributed by atoms with Crippen molar-refractivity contribution in [2.45, 2.75) is 77.0 Å². The van der Waals surface area contributed by atoms with Crippen LogP contribution in [0.15, 0.2) is 59.7 Å². The second-order valence-corrected chi connectivity index (χ2v) is 13.3. The minimum Gasteiger partial charge on any atom is -0.508 e. The first kappa shape index (κ1) is 39.3. The van der Waals surface area contributed by atoms with Crippen molar-refractivity contribution in [2.75, 3.05) is 25.0 Å². The number of ether oxygens (including phenoxy) is 1. The van der Waals surface area contributed by atoms with Gasteiger partial charge in [0.15, 0.2) is 11.2 Å². The maximum atomic E-state index is 14.1. The summed E-state index contributed by atoms with van der Waals surface area (Å²) in [7, 11) is 0. The Morgan fingerprint density at radius 1 is 1.00 bits per heavy atom. The first-order valence-corrected chi connectivity index (χ1v) is 18.0. The number of phenols is 1. The normalized spacial score (nSPS) is 18.1. The molecule has 4 amide bonds. The number of unbranched alkanes of at least 4 members (excludes halogenated alkanes) is 1. The number of rotatable bonds is 11. The van der Waals surface area contributed by atoms with Gasteiger partial charge < -0.3 is 47.1 Å². The van der Waals surface area contributed by atoms with E-state index in [4.69, 9.17) is 16.2 Å². The molecule has 0 unspecified atom stereocenters. The number of phenolic OH excluding ortho intramolecular Hbond substituents is 1. The van der Waals surface area contributed by atoms with Crippen LogP contribution in [0.3, 0.4) is 0 Å². The van der Waals surface area contributed by atoms with E-state index in [1.165, 1.54) is 42.7 Å². The van der Waals surface area contributed by atoms with Crippen LogP contribution < -0.4 is 42.9 Å². The van der Waals surface area contributed by atoms with Crippen molar-refractivity contribution < 1.29 is 29.0 Å². The number of pyridine rings is 1. The second-order valence-electron chi connectivity index (χ2n) is 13.3. The molecule has 1 aliphatic heterocycles. The zero-order valence-electron chi connectivity index (χ0n) is 30.4. The highest BCUT2D eigenvalue weighted by Gasteiger charge is 2.28. The van der Waals surface area contributed by atoms with Gasteiger partial charge in [0.25, 0.3) is 11.8 Å². The van der Waals surface area contributed by atoms with Crippen molar-refractivity contribution in [3.05, 3.63) is 87.5 Å². The number of amides is 4. The third-order valence-corrected chi connectivity index (χ3v) is 9.04. The maximum Gasteiger partial charge on any atom is 0.261 e. The van der Waals surface area contributed by atoms with Crippen LogP contribution in [0, 0.1) is 6.92 Å². The highest BCUT2D eigenvalue weighted by atomic mass is 16.5. The Labute approximate surface area is 312 Å². The van der Waals surface area contributed by atoms with Crippen molar-refractivity contribution in [1.82, 2.24) is 30.5 Å². The fraction of sp³-hybridized carbons (Fsp3) is 0.395. The quantitative estimate of drug-likeness (QED) is 0.109. The molecular formula is C38H47N9O7. The molecule has 0 radical (unpaired) electrons. The number of anilines is 1. The van der Waals surface area contributed by atoms with Crippen molar-refractivity contribution in [3.8, 4) is 11.5 Å². The lowest BCUT2D eigenvalue weighted by Crippen LogP contribution is -2.53. The van der Waals surface area contributed by atoms with E-state index < -0.39 is 47.2 Å². The average molecular weight is 742 g/mol. The third kappa shape index (κ3) is 9.96. The van der Waals surface area contributed by atoms with Crippen LogP contribution in [0.4, 0.5) is 5.69 Å². The van der Waals surface area contributed by atoms with E-state index >= 15 is 0 Å². The Morgan fingerprint density at radius 3 is 2.50 bits per heavy atom. The Bertz CT molecular complexity index is 2050. The van der Waals surface area contributed by atoms with Gasteiger partial charge in [-0.1, -0.05) is 18.6 Å². The van der Waals surface area contributed by atoms with Gasteiger partial charge >= 0.3 is 0 Å². The molecule has 9 N–H and O–H groups in total. The van der Waals surface area contributed by atoms with Gasteiger partial charge in [-0.3, -0.25) is 24.0 Å². The van der Waals surface area contributed by atoms with Gasteiger partial charge in [-0.05, 0) is 88.5 Å². The summed E-state index contributed by atoms with van der Waals surface area (Å²) in [5, 5.41) is 21.2. The van der Waals surface area contributed by atoms with E-state index in [0.29, 0.717) is 43.7 Å². The Morgan fingerprint density at radius 2 is 1.78 bits per heavy atom. The van der Waals surface area contributed by atoms with E-state index in [9.17, 15) is 29.1 Å². The molecule has 3 atom stereocenters. The molecule has 0 spiro atoms. The monoisotopic (exact) mass is 741 g/mol. The van der Waals surface area contributed by atoms with Crippen molar-refractivity contribution >= 4 is 40.5 Å². The standard InChI is InChI=1S/C38H47N9O7/c1-3-47-20-29(34(50)33-35(47)42-22(2)19-41-33)37(52)43-24-9-12-31-28(17-24)36(51)45-26(16-23-7-10-27(48)11-8-23)18-32(49)46-30(13-15-40)38(53)44-25(21-54-31)6-4-5-14-39/h7-12,17,19-20,25-26,30,48H,3-6,13-16,18,21,39-40H2,1-2H3,(H,43,52)(H,44,53)(H,45,51)(H,46,49)/t25-,26+,30-/m0/s1. The number of hydrogen-bond donors (Lipinski definition) is 7. The van der Waals surface area contributed by atoms with E-state index in [1.54, 1.807) is 23.6 Å². The summed E-state index contributed by atoms with van der Waals surface area (Å²) in [5.74, 6) is -1.98. The fourth-order valence-electron chi connectivity index (χ4n) is 6.23. The third-order valence-electron chi connectivity index (χ3n) is 9.04. The Balaban J connectivity index is 1.50. The summed E-state index contributed by atoms with van der Waals surface area (Å²) in [6.45, 7) is 4.64. The molecule has 16 heteroatoms. The number of carbonyl (C=O) groups excluding carboxylic acids is 4. The minimum atomic E-state index is -0.911. The molecule has 0 saturated heterocycles.